The Hall–Kier alpha value is -4.43. The topological polar surface area (TPSA) is 72.2 Å². The summed E-state index contributed by atoms with van der Waals surface area (Å²) in [4.78, 5) is 8.89. The van der Waals surface area contributed by atoms with Gasteiger partial charge in [-0.25, -0.2) is 14.4 Å². The molecular weight excluding hydrogens is 574 g/mol. The molecule has 42 heavy (non-hydrogen) atoms. The zero-order valence-electron chi connectivity index (χ0n) is 22.3. The summed E-state index contributed by atoms with van der Waals surface area (Å²) in [5.41, 5.74) is 4.24. The summed E-state index contributed by atoms with van der Waals surface area (Å²) < 4.78 is 25.4. The van der Waals surface area contributed by atoms with Crippen molar-refractivity contribution in [3.63, 3.8) is 0 Å². The summed E-state index contributed by atoms with van der Waals surface area (Å²) in [6.07, 6.45) is 1.51. The molecule has 9 heteroatoms. The van der Waals surface area contributed by atoms with E-state index in [2.05, 4.69) is 20.6 Å². The molecule has 0 spiro atoms. The maximum Gasteiger partial charge on any atom is 0.141 e. The molecule has 0 unspecified atom stereocenters. The van der Waals surface area contributed by atoms with Crippen molar-refractivity contribution < 1.29 is 13.5 Å². The third kappa shape index (κ3) is 6.71. The van der Waals surface area contributed by atoms with Gasteiger partial charge >= 0.3 is 0 Å². The average Bonchev–Trinajstić information content (AvgIpc) is 3.46. The largest absolute Gasteiger partial charge is 0.487 e. The van der Waals surface area contributed by atoms with Gasteiger partial charge in [-0.15, -0.1) is 0 Å². The molecule has 6 nitrogen and oxygen atoms in total. The Morgan fingerprint density at radius 2 is 1.69 bits per heavy atom. The fourth-order valence-corrected chi connectivity index (χ4v) is 4.98. The average molecular weight is 599 g/mol. The van der Waals surface area contributed by atoms with E-state index in [1.54, 1.807) is 24.3 Å². The number of hydrogen-bond donors (Lipinski definition) is 2. The van der Waals surface area contributed by atoms with Crippen molar-refractivity contribution in [1.29, 1.82) is 0 Å². The Balaban J connectivity index is 1.15. The number of aromatic nitrogens is 2. The van der Waals surface area contributed by atoms with Crippen molar-refractivity contribution >= 4 is 45.6 Å². The Morgan fingerprint density at radius 1 is 0.810 bits per heavy atom. The van der Waals surface area contributed by atoms with Gasteiger partial charge in [-0.05, 0) is 83.9 Å². The number of anilines is 2. The highest BCUT2D eigenvalue weighted by Gasteiger charge is 2.11. The molecule has 210 valence electrons. The lowest BCUT2D eigenvalue weighted by Gasteiger charge is -2.12. The van der Waals surface area contributed by atoms with Gasteiger partial charge in [0.05, 0.1) is 17.1 Å². The first-order valence-corrected chi connectivity index (χ1v) is 14.0. The second-order valence-corrected chi connectivity index (χ2v) is 10.5. The molecule has 0 fully saturated rings. The van der Waals surface area contributed by atoms with Gasteiger partial charge in [0.2, 0.25) is 0 Å². The molecule has 0 saturated carbocycles. The van der Waals surface area contributed by atoms with E-state index in [4.69, 9.17) is 32.4 Å². The van der Waals surface area contributed by atoms with Crippen LogP contribution >= 0.6 is 23.2 Å². The third-order valence-corrected chi connectivity index (χ3v) is 7.11. The predicted molar refractivity (Wildman–Crippen MR) is 165 cm³/mol. The van der Waals surface area contributed by atoms with Crippen LogP contribution in [0.2, 0.25) is 10.0 Å². The van der Waals surface area contributed by atoms with Crippen LogP contribution in [0.4, 0.5) is 15.9 Å². The molecule has 0 atom stereocenters. The fourth-order valence-electron chi connectivity index (χ4n) is 4.53. The minimum Gasteiger partial charge on any atom is -0.487 e. The lowest BCUT2D eigenvalue weighted by molar-refractivity contribution is 0.306. The Kier molecular flexibility index (Phi) is 8.33. The minimum atomic E-state index is -0.309. The highest BCUT2D eigenvalue weighted by molar-refractivity contribution is 6.32. The molecule has 4 aromatic carbocycles. The number of nitrogens with zero attached hydrogens (tertiary/aromatic N) is 2. The third-order valence-electron chi connectivity index (χ3n) is 6.58. The molecule has 0 radical (unpaired) electrons. The maximum absolute atomic E-state index is 13.5. The molecule has 2 aromatic heterocycles. The van der Waals surface area contributed by atoms with Gasteiger partial charge in [0.15, 0.2) is 0 Å². The SMILES string of the molecule is Fc1cccc(COc2ccc(Nc3ncnc4ccc(-c5ccc(CNCc6cccc(Cl)c6)o5)cc34)cc2Cl)c1. The highest BCUT2D eigenvalue weighted by Crippen LogP contribution is 2.33. The summed E-state index contributed by atoms with van der Waals surface area (Å²) in [5, 5.41) is 8.69. The first kappa shape index (κ1) is 27.7. The lowest BCUT2D eigenvalue weighted by Crippen LogP contribution is -2.11. The van der Waals surface area contributed by atoms with Crippen molar-refractivity contribution in [2.75, 3.05) is 5.32 Å². The van der Waals surface area contributed by atoms with Crippen LogP contribution in [0.25, 0.3) is 22.2 Å². The first-order valence-electron chi connectivity index (χ1n) is 13.2. The molecule has 6 aromatic rings. The van der Waals surface area contributed by atoms with E-state index in [1.165, 1.54) is 18.5 Å². The van der Waals surface area contributed by atoms with E-state index in [0.717, 1.165) is 44.3 Å². The lowest BCUT2D eigenvalue weighted by atomic mass is 10.1. The van der Waals surface area contributed by atoms with E-state index < -0.39 is 0 Å². The fraction of sp³-hybridized carbons (Fsp3) is 0.0909. The molecule has 2 N–H and O–H groups in total. The highest BCUT2D eigenvalue weighted by atomic mass is 35.5. The van der Waals surface area contributed by atoms with Gasteiger partial charge in [-0.2, -0.15) is 0 Å². The van der Waals surface area contributed by atoms with E-state index in [1.807, 2.05) is 60.7 Å². The van der Waals surface area contributed by atoms with E-state index in [0.29, 0.717) is 35.2 Å². The standard InChI is InChI=1S/C33H25Cl2FN4O2/c34-24-5-1-3-21(13-24)17-37-18-27-9-12-31(42-27)23-7-10-30-28(15-23)33(39-20-38-30)40-26-8-11-32(29(35)16-26)41-19-22-4-2-6-25(36)14-22/h1-16,20,37H,17-19H2,(H,38,39,40). The van der Waals surface area contributed by atoms with Crippen molar-refractivity contribution in [1.82, 2.24) is 15.3 Å². The molecule has 2 heterocycles. The number of benzene rings is 4. The number of furan rings is 1. The number of ether oxygens (including phenoxy) is 1. The van der Waals surface area contributed by atoms with E-state index in [9.17, 15) is 4.39 Å². The van der Waals surface area contributed by atoms with Crippen molar-refractivity contribution in [3.8, 4) is 17.1 Å². The number of halogens is 3. The van der Waals surface area contributed by atoms with Crippen LogP contribution in [0.5, 0.6) is 5.75 Å². The van der Waals surface area contributed by atoms with Crippen molar-refractivity contribution in [3.05, 3.63) is 136 Å². The van der Waals surface area contributed by atoms with Crippen LogP contribution in [-0.4, -0.2) is 9.97 Å². The molecule has 0 aliphatic heterocycles. The van der Waals surface area contributed by atoms with Gasteiger partial charge in [-0.1, -0.05) is 47.5 Å². The molecule has 0 saturated heterocycles. The first-order chi connectivity index (χ1) is 20.5. The molecule has 0 aliphatic carbocycles. The van der Waals surface area contributed by atoms with Crippen LogP contribution in [0.15, 0.2) is 108 Å². The quantitative estimate of drug-likeness (QED) is 0.164. The molecule has 0 aliphatic rings. The van der Waals surface area contributed by atoms with Gasteiger partial charge in [0.25, 0.3) is 0 Å². The van der Waals surface area contributed by atoms with Crippen LogP contribution in [0.3, 0.4) is 0 Å². The van der Waals surface area contributed by atoms with E-state index in [-0.39, 0.29) is 12.4 Å². The van der Waals surface area contributed by atoms with Gasteiger partial charge in [0.1, 0.15) is 41.8 Å². The normalized spacial score (nSPS) is 11.1. The summed E-state index contributed by atoms with van der Waals surface area (Å²) >= 11 is 12.6. The Bertz CT molecular complexity index is 1860. The van der Waals surface area contributed by atoms with Gasteiger partial charge in [-0.3, -0.25) is 0 Å². The van der Waals surface area contributed by atoms with Crippen LogP contribution in [0.1, 0.15) is 16.9 Å². The zero-order valence-corrected chi connectivity index (χ0v) is 23.8. The molecule has 0 amide bonds. The van der Waals surface area contributed by atoms with Crippen LogP contribution < -0.4 is 15.4 Å². The van der Waals surface area contributed by atoms with E-state index >= 15 is 0 Å². The van der Waals surface area contributed by atoms with Crippen LogP contribution in [-0.2, 0) is 19.7 Å². The summed E-state index contributed by atoms with van der Waals surface area (Å²) in [7, 11) is 0. The minimum absolute atomic E-state index is 0.204. The second-order valence-electron chi connectivity index (χ2n) is 9.64. The molecule has 0 bridgehead atoms. The smallest absolute Gasteiger partial charge is 0.141 e. The number of hydrogen-bond acceptors (Lipinski definition) is 6. The second kappa shape index (κ2) is 12.6. The van der Waals surface area contributed by atoms with Gasteiger partial charge in [0, 0.05) is 28.2 Å². The molecular formula is C33H25Cl2FN4O2. The maximum atomic E-state index is 13.5. The number of fused-ring (bicyclic) bond motifs is 1. The Morgan fingerprint density at radius 3 is 2.55 bits per heavy atom. The monoisotopic (exact) mass is 598 g/mol. The number of rotatable bonds is 10. The zero-order chi connectivity index (χ0) is 28.9. The van der Waals surface area contributed by atoms with Crippen LogP contribution in [0, 0.1) is 5.82 Å². The van der Waals surface area contributed by atoms with Gasteiger partial charge < -0.3 is 19.8 Å². The predicted octanol–water partition coefficient (Wildman–Crippen LogP) is 8.95. The Labute approximate surface area is 252 Å². The number of nitrogens with one attached hydrogen (secondary N) is 2. The molecule has 6 rings (SSSR count). The van der Waals surface area contributed by atoms with Crippen molar-refractivity contribution in [2.45, 2.75) is 19.7 Å². The summed E-state index contributed by atoms with van der Waals surface area (Å²) in [6.45, 7) is 1.47. The summed E-state index contributed by atoms with van der Waals surface area (Å²) in [6, 6.07) is 29.2. The van der Waals surface area contributed by atoms with Crippen molar-refractivity contribution in [2.24, 2.45) is 0 Å². The summed E-state index contributed by atoms with van der Waals surface area (Å²) in [5.74, 6) is 2.38.